The second-order valence-electron chi connectivity index (χ2n) is 5.84. The molecular formula is C20H18ClN3O2S. The number of thioether (sulfide) groups is 1. The highest BCUT2D eigenvalue weighted by atomic mass is 35.5. The Labute approximate surface area is 167 Å². The highest BCUT2D eigenvalue weighted by Gasteiger charge is 2.38. The van der Waals surface area contributed by atoms with Gasteiger partial charge in [0.15, 0.2) is 5.17 Å². The van der Waals surface area contributed by atoms with E-state index in [0.29, 0.717) is 22.4 Å². The molecule has 1 N–H and O–H groups in total. The van der Waals surface area contributed by atoms with Gasteiger partial charge in [-0.25, -0.2) is 4.99 Å². The molecule has 1 aliphatic heterocycles. The van der Waals surface area contributed by atoms with Crippen LogP contribution in [0.5, 0.6) is 0 Å². The maximum Gasteiger partial charge on any atom is 0.242 e. The molecule has 1 heterocycles. The van der Waals surface area contributed by atoms with Crippen molar-refractivity contribution < 1.29 is 9.59 Å². The molecule has 1 atom stereocenters. The quantitative estimate of drug-likeness (QED) is 0.728. The Hall–Kier alpha value is -2.57. The Morgan fingerprint density at radius 2 is 2.04 bits per heavy atom. The van der Waals surface area contributed by atoms with Crippen LogP contribution in [0.4, 0.5) is 11.4 Å². The molecule has 0 saturated carbocycles. The number of aliphatic imine (C=N–C) groups is 1. The molecule has 0 radical (unpaired) electrons. The fraction of sp³-hybridized carbons (Fsp3) is 0.150. The van der Waals surface area contributed by atoms with Crippen molar-refractivity contribution in [2.24, 2.45) is 4.99 Å². The molecule has 2 aromatic carbocycles. The summed E-state index contributed by atoms with van der Waals surface area (Å²) >= 11 is 7.23. The van der Waals surface area contributed by atoms with Gasteiger partial charge in [-0.15, -0.1) is 6.58 Å². The summed E-state index contributed by atoms with van der Waals surface area (Å²) in [6.45, 7) is 4.05. The summed E-state index contributed by atoms with van der Waals surface area (Å²) in [6, 6.07) is 16.3. The van der Waals surface area contributed by atoms with E-state index < -0.39 is 5.25 Å². The number of para-hydroxylation sites is 1. The van der Waals surface area contributed by atoms with E-state index in [1.165, 1.54) is 11.8 Å². The van der Waals surface area contributed by atoms with Crippen molar-refractivity contribution in [3.63, 3.8) is 0 Å². The number of nitrogens with one attached hydrogen (secondary N) is 1. The lowest BCUT2D eigenvalue weighted by atomic mass is 10.2. The number of hydrogen-bond donors (Lipinski definition) is 1. The third-order valence-corrected chi connectivity index (χ3v) is 5.20. The first-order chi connectivity index (χ1) is 13.1. The molecule has 1 fully saturated rings. The lowest BCUT2D eigenvalue weighted by Crippen LogP contribution is -2.33. The highest BCUT2D eigenvalue weighted by Crippen LogP contribution is 2.31. The number of anilines is 1. The minimum absolute atomic E-state index is 0.0530. The van der Waals surface area contributed by atoms with E-state index in [1.54, 1.807) is 35.2 Å². The third kappa shape index (κ3) is 4.99. The molecule has 138 valence electrons. The molecule has 3 rings (SSSR count). The van der Waals surface area contributed by atoms with Crippen molar-refractivity contribution in [2.75, 3.05) is 11.9 Å². The smallest absolute Gasteiger partial charge is 0.242 e. The molecule has 0 spiro atoms. The van der Waals surface area contributed by atoms with Crippen LogP contribution in [0.15, 0.2) is 72.2 Å². The molecule has 2 aromatic rings. The van der Waals surface area contributed by atoms with Gasteiger partial charge in [0.25, 0.3) is 0 Å². The van der Waals surface area contributed by atoms with Crippen LogP contribution >= 0.6 is 23.4 Å². The monoisotopic (exact) mass is 399 g/mol. The first-order valence-corrected chi connectivity index (χ1v) is 9.60. The number of benzene rings is 2. The summed E-state index contributed by atoms with van der Waals surface area (Å²) in [6.07, 6.45) is 1.70. The second kappa shape index (κ2) is 8.88. The molecule has 0 bridgehead atoms. The Morgan fingerprint density at radius 3 is 2.74 bits per heavy atom. The zero-order chi connectivity index (χ0) is 19.2. The maximum absolute atomic E-state index is 12.7. The lowest BCUT2D eigenvalue weighted by molar-refractivity contribution is -0.127. The number of carbonyl (C=O) groups excluding carboxylic acids is 2. The van der Waals surface area contributed by atoms with Gasteiger partial charge in [0.2, 0.25) is 11.8 Å². The summed E-state index contributed by atoms with van der Waals surface area (Å²) in [5, 5.41) is 3.36. The Balaban J connectivity index is 1.72. The standard InChI is InChI=1S/C20H18ClN3O2S/c1-2-11-24-19(26)17(27-20(24)23-15-8-4-3-5-9-15)13-18(25)22-16-10-6-7-14(21)12-16/h2-10,12,17H,1,11,13H2,(H,22,25). The molecule has 0 aromatic heterocycles. The van der Waals surface area contributed by atoms with Crippen molar-refractivity contribution in [3.8, 4) is 0 Å². The van der Waals surface area contributed by atoms with Gasteiger partial charge in [0.05, 0.1) is 5.69 Å². The maximum atomic E-state index is 12.7. The van der Waals surface area contributed by atoms with E-state index in [1.807, 2.05) is 30.3 Å². The number of carbonyl (C=O) groups is 2. The Bertz CT molecular complexity index is 886. The molecule has 1 unspecified atom stereocenters. The van der Waals surface area contributed by atoms with Crippen LogP contribution in [0.2, 0.25) is 5.02 Å². The van der Waals surface area contributed by atoms with E-state index in [-0.39, 0.29) is 18.2 Å². The molecule has 5 nitrogen and oxygen atoms in total. The molecular weight excluding hydrogens is 382 g/mol. The SMILES string of the molecule is C=CCN1C(=O)C(CC(=O)Nc2cccc(Cl)c2)SC1=Nc1ccccc1. The van der Waals surface area contributed by atoms with Gasteiger partial charge in [-0.2, -0.15) is 0 Å². The Kier molecular flexibility index (Phi) is 6.32. The number of amides is 2. The lowest BCUT2D eigenvalue weighted by Gasteiger charge is -2.13. The average Bonchev–Trinajstić information content (AvgIpc) is 2.91. The predicted molar refractivity (Wildman–Crippen MR) is 112 cm³/mol. The van der Waals surface area contributed by atoms with Crippen LogP contribution < -0.4 is 5.32 Å². The van der Waals surface area contributed by atoms with E-state index >= 15 is 0 Å². The number of amidine groups is 1. The minimum Gasteiger partial charge on any atom is -0.326 e. The van der Waals surface area contributed by atoms with Crippen molar-refractivity contribution in [3.05, 3.63) is 72.3 Å². The zero-order valence-electron chi connectivity index (χ0n) is 14.5. The molecule has 1 aliphatic rings. The van der Waals surface area contributed by atoms with E-state index in [2.05, 4.69) is 16.9 Å². The number of hydrogen-bond acceptors (Lipinski definition) is 4. The fourth-order valence-electron chi connectivity index (χ4n) is 2.58. The van der Waals surface area contributed by atoms with Crippen LogP contribution in [-0.4, -0.2) is 33.7 Å². The third-order valence-electron chi connectivity index (χ3n) is 3.79. The van der Waals surface area contributed by atoms with Gasteiger partial charge >= 0.3 is 0 Å². The number of rotatable bonds is 6. The van der Waals surface area contributed by atoms with Gasteiger partial charge in [0, 0.05) is 23.7 Å². The summed E-state index contributed by atoms with van der Waals surface area (Å²) in [5.41, 5.74) is 1.36. The van der Waals surface area contributed by atoms with Crippen LogP contribution in [0, 0.1) is 0 Å². The zero-order valence-corrected chi connectivity index (χ0v) is 16.0. The molecule has 27 heavy (non-hydrogen) atoms. The molecule has 2 amide bonds. The topological polar surface area (TPSA) is 61.8 Å². The summed E-state index contributed by atoms with van der Waals surface area (Å²) in [7, 11) is 0. The largest absolute Gasteiger partial charge is 0.326 e. The van der Waals surface area contributed by atoms with Crippen molar-refractivity contribution in [1.82, 2.24) is 4.90 Å². The summed E-state index contributed by atoms with van der Waals surface area (Å²) in [5.74, 6) is -0.390. The van der Waals surface area contributed by atoms with Crippen molar-refractivity contribution >= 4 is 51.7 Å². The second-order valence-corrected chi connectivity index (χ2v) is 7.44. The van der Waals surface area contributed by atoms with Gasteiger partial charge in [-0.3, -0.25) is 14.5 Å². The van der Waals surface area contributed by atoms with Crippen molar-refractivity contribution in [2.45, 2.75) is 11.7 Å². The normalized spacial score (nSPS) is 18.0. The average molecular weight is 400 g/mol. The van der Waals surface area contributed by atoms with Crippen molar-refractivity contribution in [1.29, 1.82) is 0 Å². The summed E-state index contributed by atoms with van der Waals surface area (Å²) in [4.78, 5) is 31.2. The fourth-order valence-corrected chi connectivity index (χ4v) is 3.94. The molecule has 1 saturated heterocycles. The van der Waals surface area contributed by atoms with Crippen LogP contribution in [0.3, 0.4) is 0 Å². The number of halogens is 1. The minimum atomic E-state index is -0.522. The van der Waals surface area contributed by atoms with E-state index in [4.69, 9.17) is 11.6 Å². The first-order valence-electron chi connectivity index (χ1n) is 8.35. The van der Waals surface area contributed by atoms with Crippen LogP contribution in [0.25, 0.3) is 0 Å². The van der Waals surface area contributed by atoms with E-state index in [0.717, 1.165) is 5.69 Å². The number of nitrogens with zero attached hydrogens (tertiary/aromatic N) is 2. The summed E-state index contributed by atoms with van der Waals surface area (Å²) < 4.78 is 0. The molecule has 7 heteroatoms. The first kappa shape index (κ1) is 19.2. The van der Waals surface area contributed by atoms with Crippen LogP contribution in [-0.2, 0) is 9.59 Å². The van der Waals surface area contributed by atoms with Crippen LogP contribution in [0.1, 0.15) is 6.42 Å². The highest BCUT2D eigenvalue weighted by molar-refractivity contribution is 8.15. The van der Waals surface area contributed by atoms with Gasteiger partial charge in [-0.05, 0) is 30.3 Å². The van der Waals surface area contributed by atoms with E-state index in [9.17, 15) is 9.59 Å². The van der Waals surface area contributed by atoms with Gasteiger partial charge < -0.3 is 5.32 Å². The molecule has 0 aliphatic carbocycles. The Morgan fingerprint density at radius 1 is 1.26 bits per heavy atom. The predicted octanol–water partition coefficient (Wildman–Crippen LogP) is 4.49. The van der Waals surface area contributed by atoms with Gasteiger partial charge in [-0.1, -0.05) is 53.7 Å². The van der Waals surface area contributed by atoms with Gasteiger partial charge in [0.1, 0.15) is 5.25 Å².